The van der Waals surface area contributed by atoms with E-state index in [9.17, 15) is 0 Å². The van der Waals surface area contributed by atoms with Gasteiger partial charge in [-0.3, -0.25) is 5.32 Å². The van der Waals surface area contributed by atoms with E-state index >= 15 is 0 Å². The lowest BCUT2D eigenvalue weighted by Gasteiger charge is -2.07. The number of benzene rings is 1. The summed E-state index contributed by atoms with van der Waals surface area (Å²) in [5.41, 5.74) is 1.04. The Morgan fingerprint density at radius 2 is 2.00 bits per heavy atom. The maximum atomic E-state index is 5.30. The Labute approximate surface area is 102 Å². The van der Waals surface area contributed by atoms with Gasteiger partial charge in [0.25, 0.3) is 0 Å². The maximum absolute atomic E-state index is 5.30. The zero-order valence-electron chi connectivity index (χ0n) is 9.81. The molecule has 1 N–H and O–H groups in total. The van der Waals surface area contributed by atoms with Crippen molar-refractivity contribution in [2.45, 2.75) is 13.0 Å². The molecule has 1 aromatic heterocycles. The molecule has 1 heterocycles. The summed E-state index contributed by atoms with van der Waals surface area (Å²) in [6.07, 6.45) is 1.68. The number of nitrogens with one attached hydrogen (secondary N) is 1. The number of rotatable bonds is 3. The molecule has 2 nitrogen and oxygen atoms in total. The molecule has 2 heteroatoms. The average Bonchev–Trinajstić information content (AvgIpc) is 2.89. The lowest BCUT2D eigenvalue weighted by molar-refractivity contribution is 0.443. The molecule has 0 unspecified atom stereocenters. The molecule has 0 amide bonds. The highest BCUT2D eigenvalue weighted by atomic mass is 16.3. The highest BCUT2D eigenvalue weighted by Gasteiger charge is 2.04. The Morgan fingerprint density at radius 1 is 1.18 bits per heavy atom. The van der Waals surface area contributed by atoms with Crippen LogP contribution in [0.2, 0.25) is 0 Å². The van der Waals surface area contributed by atoms with E-state index in [0.717, 1.165) is 11.3 Å². The van der Waals surface area contributed by atoms with Crippen LogP contribution in [0.3, 0.4) is 0 Å². The van der Waals surface area contributed by atoms with Crippen molar-refractivity contribution in [3.8, 4) is 11.8 Å². The highest BCUT2D eigenvalue weighted by molar-refractivity contribution is 5.33. The fourth-order valence-electron chi connectivity index (χ4n) is 1.51. The van der Waals surface area contributed by atoms with Gasteiger partial charge in [-0.25, -0.2) is 0 Å². The smallest absolute Gasteiger partial charge is 0.120 e. The van der Waals surface area contributed by atoms with Gasteiger partial charge in [0.2, 0.25) is 0 Å². The van der Waals surface area contributed by atoms with Gasteiger partial charge in [-0.2, -0.15) is 0 Å². The standard InChI is InChI=1S/C15H15NO/c1-13(15-10-6-12-17-15)16-11-5-9-14-7-3-2-4-8-14/h2-4,6-8,10,12-13,16H,11H2,1H3/t13-/m1/s1. The topological polar surface area (TPSA) is 25.2 Å². The molecule has 2 aromatic rings. The third-order valence-corrected chi connectivity index (χ3v) is 2.47. The third kappa shape index (κ3) is 3.51. The summed E-state index contributed by atoms with van der Waals surface area (Å²) in [5, 5.41) is 3.29. The summed E-state index contributed by atoms with van der Waals surface area (Å²) in [6, 6.07) is 14.0. The van der Waals surface area contributed by atoms with Crippen LogP contribution in [-0.2, 0) is 0 Å². The summed E-state index contributed by atoms with van der Waals surface area (Å²) in [4.78, 5) is 0. The third-order valence-electron chi connectivity index (χ3n) is 2.47. The van der Waals surface area contributed by atoms with Gasteiger partial charge in [0.05, 0.1) is 18.8 Å². The Morgan fingerprint density at radius 3 is 2.71 bits per heavy atom. The first-order valence-electron chi connectivity index (χ1n) is 5.67. The van der Waals surface area contributed by atoms with Crippen molar-refractivity contribution in [2.75, 3.05) is 6.54 Å². The summed E-state index contributed by atoms with van der Waals surface area (Å²) < 4.78 is 5.30. The zero-order valence-corrected chi connectivity index (χ0v) is 9.81. The number of hydrogen-bond acceptors (Lipinski definition) is 2. The SMILES string of the molecule is C[C@@H](NCC#Cc1ccccc1)c1ccco1. The van der Waals surface area contributed by atoms with Crippen LogP contribution in [0.5, 0.6) is 0 Å². The van der Waals surface area contributed by atoms with Gasteiger partial charge in [0, 0.05) is 5.56 Å². The predicted molar refractivity (Wildman–Crippen MR) is 68.4 cm³/mol. The molecule has 0 bridgehead atoms. The first-order valence-corrected chi connectivity index (χ1v) is 5.67. The van der Waals surface area contributed by atoms with Crippen LogP contribution in [0.4, 0.5) is 0 Å². The minimum Gasteiger partial charge on any atom is -0.468 e. The van der Waals surface area contributed by atoms with Crippen molar-refractivity contribution in [3.05, 3.63) is 60.1 Å². The van der Waals surface area contributed by atoms with Crippen molar-refractivity contribution < 1.29 is 4.42 Å². The normalized spacial score (nSPS) is 11.6. The van der Waals surface area contributed by atoms with Crippen LogP contribution in [0.15, 0.2) is 53.1 Å². The summed E-state index contributed by atoms with van der Waals surface area (Å²) in [7, 11) is 0. The van der Waals surface area contributed by atoms with Gasteiger partial charge >= 0.3 is 0 Å². The van der Waals surface area contributed by atoms with Gasteiger partial charge in [-0.1, -0.05) is 30.0 Å². The minimum atomic E-state index is 0.190. The van der Waals surface area contributed by atoms with Crippen LogP contribution in [0, 0.1) is 11.8 Å². The molecule has 0 aliphatic heterocycles. The first-order chi connectivity index (χ1) is 8.36. The van der Waals surface area contributed by atoms with Gasteiger partial charge in [-0.05, 0) is 31.2 Å². The molecule has 0 aliphatic carbocycles. The Hall–Kier alpha value is -1.98. The van der Waals surface area contributed by atoms with E-state index in [1.165, 1.54) is 0 Å². The molecule has 2 rings (SSSR count). The highest BCUT2D eigenvalue weighted by Crippen LogP contribution is 2.11. The molecule has 17 heavy (non-hydrogen) atoms. The maximum Gasteiger partial charge on any atom is 0.120 e. The monoisotopic (exact) mass is 225 g/mol. The minimum absolute atomic E-state index is 0.190. The number of hydrogen-bond donors (Lipinski definition) is 1. The van der Waals surface area contributed by atoms with Gasteiger partial charge in [0.15, 0.2) is 0 Å². The van der Waals surface area contributed by atoms with E-state index in [1.807, 2.05) is 42.5 Å². The summed E-state index contributed by atoms with van der Waals surface area (Å²) in [5.74, 6) is 7.13. The van der Waals surface area contributed by atoms with Crippen molar-refractivity contribution >= 4 is 0 Å². The Kier molecular flexibility index (Phi) is 4.01. The molecule has 0 saturated carbocycles. The van der Waals surface area contributed by atoms with Crippen LogP contribution in [-0.4, -0.2) is 6.54 Å². The summed E-state index contributed by atoms with van der Waals surface area (Å²) in [6.45, 7) is 2.71. The molecule has 0 radical (unpaired) electrons. The Bertz CT molecular complexity index is 491. The van der Waals surface area contributed by atoms with Crippen LogP contribution in [0.1, 0.15) is 24.3 Å². The van der Waals surface area contributed by atoms with E-state index in [4.69, 9.17) is 4.42 Å². The van der Waals surface area contributed by atoms with E-state index in [-0.39, 0.29) is 6.04 Å². The average molecular weight is 225 g/mol. The van der Waals surface area contributed by atoms with E-state index < -0.39 is 0 Å². The quantitative estimate of drug-likeness (QED) is 0.812. The lowest BCUT2D eigenvalue weighted by Crippen LogP contribution is -2.18. The molecule has 0 aliphatic rings. The van der Waals surface area contributed by atoms with E-state index in [0.29, 0.717) is 6.54 Å². The largest absolute Gasteiger partial charge is 0.468 e. The second-order valence-corrected chi connectivity index (χ2v) is 3.79. The van der Waals surface area contributed by atoms with E-state index in [1.54, 1.807) is 6.26 Å². The van der Waals surface area contributed by atoms with Crippen molar-refractivity contribution in [2.24, 2.45) is 0 Å². The molecule has 0 spiro atoms. The van der Waals surface area contributed by atoms with Gasteiger partial charge < -0.3 is 4.42 Å². The molecule has 0 saturated heterocycles. The van der Waals surface area contributed by atoms with Gasteiger partial charge in [0.1, 0.15) is 5.76 Å². The van der Waals surface area contributed by atoms with Crippen molar-refractivity contribution in [1.82, 2.24) is 5.32 Å². The van der Waals surface area contributed by atoms with E-state index in [2.05, 4.69) is 24.1 Å². The molecule has 1 aromatic carbocycles. The van der Waals surface area contributed by atoms with Gasteiger partial charge in [-0.15, -0.1) is 0 Å². The lowest BCUT2D eigenvalue weighted by atomic mass is 10.2. The summed E-state index contributed by atoms with van der Waals surface area (Å²) >= 11 is 0. The van der Waals surface area contributed by atoms with Crippen LogP contribution < -0.4 is 5.32 Å². The van der Waals surface area contributed by atoms with Crippen molar-refractivity contribution in [1.29, 1.82) is 0 Å². The second-order valence-electron chi connectivity index (χ2n) is 3.79. The predicted octanol–water partition coefficient (Wildman–Crippen LogP) is 2.98. The molecular weight excluding hydrogens is 210 g/mol. The van der Waals surface area contributed by atoms with Crippen LogP contribution in [0.25, 0.3) is 0 Å². The molecule has 86 valence electrons. The molecule has 0 fully saturated rings. The number of furan rings is 1. The molecular formula is C15H15NO. The fraction of sp³-hybridized carbons (Fsp3) is 0.200. The van der Waals surface area contributed by atoms with Crippen molar-refractivity contribution in [3.63, 3.8) is 0 Å². The second kappa shape index (κ2) is 5.93. The fourth-order valence-corrected chi connectivity index (χ4v) is 1.51. The Balaban J connectivity index is 1.82. The van der Waals surface area contributed by atoms with Crippen LogP contribution >= 0.6 is 0 Å². The zero-order chi connectivity index (χ0) is 11.9. The first kappa shape index (κ1) is 11.5. The molecule has 1 atom stereocenters.